The molecule has 0 radical (unpaired) electrons. The zero-order chi connectivity index (χ0) is 13.9. The van der Waals surface area contributed by atoms with Crippen LogP contribution in [0.3, 0.4) is 0 Å². The predicted molar refractivity (Wildman–Crippen MR) is 86.4 cm³/mol. The van der Waals surface area contributed by atoms with Gasteiger partial charge in [-0.25, -0.2) is 4.98 Å². The molecule has 2 aromatic rings. The Bertz CT molecular complexity index is 554. The number of benzene rings is 1. The van der Waals surface area contributed by atoms with E-state index < -0.39 is 0 Å². The lowest BCUT2D eigenvalue weighted by atomic mass is 10.1. The average molecular weight is 286 g/mol. The van der Waals surface area contributed by atoms with Crippen LogP contribution < -0.4 is 5.32 Å². The summed E-state index contributed by atoms with van der Waals surface area (Å²) in [7, 11) is 0. The highest BCUT2D eigenvalue weighted by molar-refractivity contribution is 7.12. The Labute approximate surface area is 125 Å². The topological polar surface area (TPSA) is 24.9 Å². The smallest absolute Gasteiger partial charge is 0.0951 e. The van der Waals surface area contributed by atoms with Crippen molar-refractivity contribution in [3.8, 4) is 11.3 Å². The van der Waals surface area contributed by atoms with Crippen molar-refractivity contribution < 1.29 is 0 Å². The first-order valence-electron chi connectivity index (χ1n) is 7.52. The van der Waals surface area contributed by atoms with Gasteiger partial charge in [0.05, 0.1) is 10.7 Å². The number of nitrogens with one attached hydrogen (secondary N) is 1. The van der Waals surface area contributed by atoms with Crippen molar-refractivity contribution in [3.63, 3.8) is 0 Å². The van der Waals surface area contributed by atoms with E-state index in [1.165, 1.54) is 40.5 Å². The molecule has 1 aromatic carbocycles. The van der Waals surface area contributed by atoms with Gasteiger partial charge in [0, 0.05) is 22.9 Å². The van der Waals surface area contributed by atoms with Gasteiger partial charge >= 0.3 is 0 Å². The van der Waals surface area contributed by atoms with Gasteiger partial charge < -0.3 is 5.32 Å². The van der Waals surface area contributed by atoms with Crippen LogP contribution in [0.5, 0.6) is 0 Å². The van der Waals surface area contributed by atoms with E-state index in [1.54, 1.807) is 0 Å². The minimum Gasteiger partial charge on any atom is -0.314 e. The lowest BCUT2D eigenvalue weighted by molar-refractivity contribution is 0.601. The molecule has 0 aliphatic carbocycles. The molecule has 106 valence electrons. The van der Waals surface area contributed by atoms with Crippen LogP contribution in [0.2, 0.25) is 0 Å². The Morgan fingerprint density at radius 1 is 1.30 bits per heavy atom. The van der Waals surface area contributed by atoms with E-state index in [0.29, 0.717) is 12.0 Å². The van der Waals surface area contributed by atoms with Gasteiger partial charge in [-0.2, -0.15) is 0 Å². The maximum atomic E-state index is 4.94. The Hall–Kier alpha value is -1.19. The first-order valence-corrected chi connectivity index (χ1v) is 8.34. The van der Waals surface area contributed by atoms with Crippen LogP contribution in [-0.2, 0) is 6.42 Å². The SMILES string of the molecule is CC(C)c1sc(CC2CCCN2)nc1-c1ccccc1. The van der Waals surface area contributed by atoms with Crippen LogP contribution in [0.1, 0.15) is 42.5 Å². The fourth-order valence-corrected chi connectivity index (χ4v) is 3.97. The third-order valence-electron chi connectivity index (χ3n) is 3.85. The van der Waals surface area contributed by atoms with Gasteiger partial charge in [-0.3, -0.25) is 0 Å². The highest BCUT2D eigenvalue weighted by atomic mass is 32.1. The molecule has 1 unspecified atom stereocenters. The summed E-state index contributed by atoms with van der Waals surface area (Å²) in [5.41, 5.74) is 2.44. The Balaban J connectivity index is 1.90. The molecule has 0 saturated carbocycles. The molecular weight excluding hydrogens is 264 g/mol. The Morgan fingerprint density at radius 2 is 2.10 bits per heavy atom. The van der Waals surface area contributed by atoms with Crippen LogP contribution >= 0.6 is 11.3 Å². The molecule has 1 atom stereocenters. The number of rotatable bonds is 4. The second-order valence-electron chi connectivity index (χ2n) is 5.84. The number of hydrogen-bond acceptors (Lipinski definition) is 3. The minimum absolute atomic E-state index is 0.535. The Kier molecular flexibility index (Phi) is 4.18. The molecule has 1 fully saturated rings. The summed E-state index contributed by atoms with van der Waals surface area (Å²) in [4.78, 5) is 6.36. The van der Waals surface area contributed by atoms with Crippen molar-refractivity contribution in [2.75, 3.05) is 6.54 Å². The molecule has 2 nitrogen and oxygen atoms in total. The van der Waals surface area contributed by atoms with Gasteiger partial charge in [0.1, 0.15) is 0 Å². The maximum absolute atomic E-state index is 4.94. The van der Waals surface area contributed by atoms with Gasteiger partial charge in [0.2, 0.25) is 0 Å². The average Bonchev–Trinajstić information content (AvgIpc) is 3.10. The lowest BCUT2D eigenvalue weighted by Gasteiger charge is -2.06. The fraction of sp³-hybridized carbons (Fsp3) is 0.471. The summed E-state index contributed by atoms with van der Waals surface area (Å²) >= 11 is 1.90. The zero-order valence-corrected chi connectivity index (χ0v) is 13.0. The van der Waals surface area contributed by atoms with Crippen LogP contribution in [0.4, 0.5) is 0 Å². The van der Waals surface area contributed by atoms with E-state index >= 15 is 0 Å². The van der Waals surface area contributed by atoms with Crippen LogP contribution in [0.25, 0.3) is 11.3 Å². The summed E-state index contributed by atoms with van der Waals surface area (Å²) in [5.74, 6) is 0.535. The Morgan fingerprint density at radius 3 is 2.75 bits per heavy atom. The molecule has 3 rings (SSSR count). The minimum atomic E-state index is 0.535. The zero-order valence-electron chi connectivity index (χ0n) is 12.2. The van der Waals surface area contributed by atoms with Gasteiger partial charge in [0.15, 0.2) is 0 Å². The second kappa shape index (κ2) is 6.06. The summed E-state index contributed by atoms with van der Waals surface area (Å²) in [6.45, 7) is 5.69. The summed E-state index contributed by atoms with van der Waals surface area (Å²) in [6, 6.07) is 11.2. The summed E-state index contributed by atoms with van der Waals surface area (Å²) in [5, 5.41) is 4.85. The van der Waals surface area contributed by atoms with Crippen LogP contribution in [-0.4, -0.2) is 17.6 Å². The highest BCUT2D eigenvalue weighted by Gasteiger charge is 2.20. The lowest BCUT2D eigenvalue weighted by Crippen LogP contribution is -2.23. The van der Waals surface area contributed by atoms with E-state index in [2.05, 4.69) is 49.5 Å². The van der Waals surface area contributed by atoms with Crippen molar-refractivity contribution in [2.24, 2.45) is 0 Å². The van der Waals surface area contributed by atoms with Crippen LogP contribution in [0, 0.1) is 0 Å². The molecular formula is C17H22N2S. The molecule has 1 aromatic heterocycles. The van der Waals surface area contributed by atoms with E-state index in [0.717, 1.165) is 6.42 Å². The van der Waals surface area contributed by atoms with Crippen molar-refractivity contribution in [1.29, 1.82) is 0 Å². The number of thiazole rings is 1. The molecule has 2 heterocycles. The molecule has 1 saturated heterocycles. The number of hydrogen-bond donors (Lipinski definition) is 1. The highest BCUT2D eigenvalue weighted by Crippen LogP contribution is 2.34. The van der Waals surface area contributed by atoms with Crippen LogP contribution in [0.15, 0.2) is 30.3 Å². The molecule has 1 N–H and O–H groups in total. The molecule has 3 heteroatoms. The van der Waals surface area contributed by atoms with Crippen molar-refractivity contribution >= 4 is 11.3 Å². The van der Waals surface area contributed by atoms with E-state index in [4.69, 9.17) is 4.98 Å². The fourth-order valence-electron chi connectivity index (χ4n) is 2.80. The monoisotopic (exact) mass is 286 g/mol. The second-order valence-corrected chi connectivity index (χ2v) is 6.95. The summed E-state index contributed by atoms with van der Waals surface area (Å²) in [6.07, 6.45) is 3.67. The van der Waals surface area contributed by atoms with E-state index in [9.17, 15) is 0 Å². The summed E-state index contributed by atoms with van der Waals surface area (Å²) < 4.78 is 0. The normalized spacial score (nSPS) is 18.9. The van der Waals surface area contributed by atoms with E-state index in [1.807, 2.05) is 11.3 Å². The molecule has 0 spiro atoms. The van der Waals surface area contributed by atoms with Crippen molar-refractivity contribution in [3.05, 3.63) is 40.2 Å². The van der Waals surface area contributed by atoms with Gasteiger partial charge in [-0.05, 0) is 25.3 Å². The largest absolute Gasteiger partial charge is 0.314 e. The number of aromatic nitrogens is 1. The van der Waals surface area contributed by atoms with Crippen molar-refractivity contribution in [2.45, 2.75) is 45.1 Å². The quantitative estimate of drug-likeness (QED) is 0.910. The van der Waals surface area contributed by atoms with Gasteiger partial charge in [-0.1, -0.05) is 44.2 Å². The first-order chi connectivity index (χ1) is 9.74. The molecule has 0 bridgehead atoms. The molecule has 0 amide bonds. The predicted octanol–water partition coefficient (Wildman–Crippen LogP) is 4.23. The molecule has 1 aliphatic heterocycles. The standard InChI is InChI=1S/C17H22N2S/c1-12(2)17-16(13-7-4-3-5-8-13)19-15(20-17)11-14-9-6-10-18-14/h3-5,7-8,12,14,18H,6,9-11H2,1-2H3. The third-order valence-corrected chi connectivity index (χ3v) is 5.23. The number of nitrogens with zero attached hydrogens (tertiary/aromatic N) is 1. The molecule has 1 aliphatic rings. The maximum Gasteiger partial charge on any atom is 0.0951 e. The van der Waals surface area contributed by atoms with E-state index in [-0.39, 0.29) is 0 Å². The van der Waals surface area contributed by atoms with Crippen molar-refractivity contribution in [1.82, 2.24) is 10.3 Å². The van der Waals surface area contributed by atoms with Gasteiger partial charge in [-0.15, -0.1) is 11.3 Å². The third kappa shape index (κ3) is 2.94. The van der Waals surface area contributed by atoms with Gasteiger partial charge in [0.25, 0.3) is 0 Å². The molecule has 20 heavy (non-hydrogen) atoms. The first kappa shape index (κ1) is 13.8.